The van der Waals surface area contributed by atoms with E-state index < -0.39 is 16.9 Å². The number of aryl methyl sites for hydroxylation is 1. The molecule has 1 aromatic carbocycles. The lowest BCUT2D eigenvalue weighted by molar-refractivity contribution is -0.383. The first-order chi connectivity index (χ1) is 9.32. The van der Waals surface area contributed by atoms with Crippen molar-refractivity contribution in [2.75, 3.05) is 5.73 Å². The third-order valence-electron chi connectivity index (χ3n) is 3.22. The Morgan fingerprint density at radius 1 is 1.55 bits per heavy atom. The lowest BCUT2D eigenvalue weighted by Gasteiger charge is -2.07. The summed E-state index contributed by atoms with van der Waals surface area (Å²) < 4.78 is 0. The first-order valence-electron chi connectivity index (χ1n) is 5.85. The number of nitrogens with zero attached hydrogens (tertiary/aromatic N) is 1. The molecule has 0 spiro atoms. The molecular weight excluding hydrogens is 264 g/mol. The van der Waals surface area contributed by atoms with Crippen LogP contribution in [0, 0.1) is 17.0 Å². The van der Waals surface area contributed by atoms with Gasteiger partial charge in [0.2, 0.25) is 0 Å². The number of carboxylic acids is 1. The molecule has 0 saturated carbocycles. The van der Waals surface area contributed by atoms with Gasteiger partial charge in [-0.05, 0) is 18.6 Å². The van der Waals surface area contributed by atoms with Gasteiger partial charge in [0, 0.05) is 29.3 Å². The Kier molecular flexibility index (Phi) is 3.33. The van der Waals surface area contributed by atoms with Gasteiger partial charge in [0.05, 0.1) is 4.92 Å². The van der Waals surface area contributed by atoms with E-state index in [2.05, 4.69) is 4.98 Å². The standard InChI is InChI=1S/C12H14N4O4/c1-5-6(4-8(14)12(17)18)10-7(13)2-3-9(16(19)20)11(10)15-5/h2-3,8,15H,4,13-14H2,1H3,(H,17,18). The van der Waals surface area contributed by atoms with Crippen molar-refractivity contribution in [3.8, 4) is 0 Å². The van der Waals surface area contributed by atoms with Gasteiger partial charge >= 0.3 is 5.97 Å². The van der Waals surface area contributed by atoms with Gasteiger partial charge in [-0.2, -0.15) is 0 Å². The van der Waals surface area contributed by atoms with Crippen molar-refractivity contribution in [3.05, 3.63) is 33.5 Å². The molecular formula is C12H14N4O4. The van der Waals surface area contributed by atoms with Crippen molar-refractivity contribution < 1.29 is 14.8 Å². The number of hydrogen-bond acceptors (Lipinski definition) is 5. The van der Waals surface area contributed by atoms with E-state index in [0.29, 0.717) is 27.8 Å². The maximum atomic E-state index is 11.0. The third kappa shape index (κ3) is 2.16. The molecule has 1 atom stereocenters. The minimum absolute atomic E-state index is 0.0481. The van der Waals surface area contributed by atoms with Gasteiger partial charge in [-0.1, -0.05) is 0 Å². The van der Waals surface area contributed by atoms with E-state index in [0.717, 1.165) is 0 Å². The summed E-state index contributed by atoms with van der Waals surface area (Å²) in [6.45, 7) is 1.70. The summed E-state index contributed by atoms with van der Waals surface area (Å²) in [5.74, 6) is -1.14. The number of fused-ring (bicyclic) bond motifs is 1. The Labute approximate surface area is 113 Å². The molecule has 0 amide bonds. The van der Waals surface area contributed by atoms with Crippen LogP contribution >= 0.6 is 0 Å². The fourth-order valence-electron chi connectivity index (χ4n) is 2.22. The molecule has 1 heterocycles. The normalized spacial score (nSPS) is 12.5. The molecule has 20 heavy (non-hydrogen) atoms. The number of carboxylic acid groups (broad SMARTS) is 1. The Morgan fingerprint density at radius 3 is 2.75 bits per heavy atom. The predicted molar refractivity (Wildman–Crippen MR) is 73.4 cm³/mol. The highest BCUT2D eigenvalue weighted by atomic mass is 16.6. The number of anilines is 1. The second-order valence-electron chi connectivity index (χ2n) is 4.56. The van der Waals surface area contributed by atoms with E-state index in [1.807, 2.05) is 0 Å². The van der Waals surface area contributed by atoms with Gasteiger partial charge < -0.3 is 21.6 Å². The van der Waals surface area contributed by atoms with Crippen LogP contribution in [0.1, 0.15) is 11.3 Å². The number of aromatic nitrogens is 1. The SMILES string of the molecule is Cc1[nH]c2c([N+](=O)[O-])ccc(N)c2c1CC(N)C(=O)O. The van der Waals surface area contributed by atoms with Crippen molar-refractivity contribution in [2.24, 2.45) is 5.73 Å². The number of H-pyrrole nitrogens is 1. The first kappa shape index (κ1) is 13.8. The molecule has 0 aliphatic carbocycles. The minimum atomic E-state index is -1.14. The summed E-state index contributed by atoms with van der Waals surface area (Å²) in [5.41, 5.74) is 13.1. The van der Waals surface area contributed by atoms with Crippen molar-refractivity contribution >= 4 is 28.2 Å². The van der Waals surface area contributed by atoms with Crippen LogP contribution in [0.5, 0.6) is 0 Å². The number of nitro groups is 1. The van der Waals surface area contributed by atoms with Crippen molar-refractivity contribution in [1.29, 1.82) is 0 Å². The Balaban J connectivity index is 2.67. The number of non-ortho nitro benzene ring substituents is 1. The highest BCUT2D eigenvalue weighted by molar-refractivity contribution is 6.00. The lowest BCUT2D eigenvalue weighted by Crippen LogP contribution is -2.32. The fraction of sp³-hybridized carbons (Fsp3) is 0.250. The molecule has 8 nitrogen and oxygen atoms in total. The molecule has 1 unspecified atom stereocenters. The molecule has 2 rings (SSSR count). The van der Waals surface area contributed by atoms with Crippen LogP contribution < -0.4 is 11.5 Å². The minimum Gasteiger partial charge on any atom is -0.480 e. The summed E-state index contributed by atoms with van der Waals surface area (Å²) >= 11 is 0. The van der Waals surface area contributed by atoms with Crippen LogP contribution in [0.4, 0.5) is 11.4 Å². The predicted octanol–water partition coefficient (Wildman–Crippen LogP) is 0.921. The van der Waals surface area contributed by atoms with E-state index in [-0.39, 0.29) is 12.1 Å². The number of benzene rings is 1. The first-order valence-corrected chi connectivity index (χ1v) is 5.85. The van der Waals surface area contributed by atoms with Crippen LogP contribution in [0.25, 0.3) is 10.9 Å². The maximum Gasteiger partial charge on any atom is 0.320 e. The number of nitrogen functional groups attached to an aromatic ring is 1. The van der Waals surface area contributed by atoms with Crippen molar-refractivity contribution in [3.63, 3.8) is 0 Å². The number of aromatic amines is 1. The summed E-state index contributed by atoms with van der Waals surface area (Å²) in [4.78, 5) is 24.2. The second kappa shape index (κ2) is 4.82. The van der Waals surface area contributed by atoms with Crippen LogP contribution in [0.15, 0.2) is 12.1 Å². The molecule has 0 fully saturated rings. The number of aliphatic carboxylic acids is 1. The van der Waals surface area contributed by atoms with Gasteiger partial charge in [-0.15, -0.1) is 0 Å². The highest BCUT2D eigenvalue weighted by Gasteiger charge is 2.23. The van der Waals surface area contributed by atoms with Gasteiger partial charge in [-0.25, -0.2) is 0 Å². The summed E-state index contributed by atoms with van der Waals surface area (Å²) in [6.07, 6.45) is 0.0481. The molecule has 106 valence electrons. The van der Waals surface area contributed by atoms with Gasteiger partial charge in [0.1, 0.15) is 11.6 Å². The Bertz CT molecular complexity index is 707. The van der Waals surface area contributed by atoms with Crippen LogP contribution in [0.2, 0.25) is 0 Å². The van der Waals surface area contributed by atoms with Crippen molar-refractivity contribution in [2.45, 2.75) is 19.4 Å². The van der Waals surface area contributed by atoms with Crippen LogP contribution in [-0.2, 0) is 11.2 Å². The van der Waals surface area contributed by atoms with Gasteiger partial charge in [0.25, 0.3) is 5.69 Å². The summed E-state index contributed by atoms with van der Waals surface area (Å²) in [7, 11) is 0. The zero-order valence-electron chi connectivity index (χ0n) is 10.7. The number of rotatable bonds is 4. The topological polar surface area (TPSA) is 148 Å². The van der Waals surface area contributed by atoms with E-state index >= 15 is 0 Å². The highest BCUT2D eigenvalue weighted by Crippen LogP contribution is 2.34. The van der Waals surface area contributed by atoms with Crippen LogP contribution in [0.3, 0.4) is 0 Å². The van der Waals surface area contributed by atoms with E-state index in [1.165, 1.54) is 12.1 Å². The number of hydrogen-bond donors (Lipinski definition) is 4. The fourth-order valence-corrected chi connectivity index (χ4v) is 2.22. The number of nitro benzene ring substituents is 1. The summed E-state index contributed by atoms with van der Waals surface area (Å²) in [6, 6.07) is 1.66. The Hall–Kier alpha value is -2.61. The number of nitrogens with two attached hydrogens (primary N) is 2. The molecule has 0 aliphatic heterocycles. The zero-order valence-corrected chi connectivity index (χ0v) is 10.7. The smallest absolute Gasteiger partial charge is 0.320 e. The average Bonchev–Trinajstić information content (AvgIpc) is 2.67. The molecule has 6 N–H and O–H groups in total. The quantitative estimate of drug-likeness (QED) is 0.371. The maximum absolute atomic E-state index is 11.0. The molecule has 8 heteroatoms. The monoisotopic (exact) mass is 278 g/mol. The zero-order chi connectivity index (χ0) is 15.0. The molecule has 0 bridgehead atoms. The van der Waals surface area contributed by atoms with E-state index in [9.17, 15) is 14.9 Å². The van der Waals surface area contributed by atoms with Crippen LogP contribution in [-0.4, -0.2) is 27.0 Å². The molecule has 1 aromatic heterocycles. The molecule has 0 saturated heterocycles. The third-order valence-corrected chi connectivity index (χ3v) is 3.22. The number of nitrogens with one attached hydrogen (secondary N) is 1. The molecule has 0 aliphatic rings. The summed E-state index contributed by atoms with van der Waals surface area (Å²) in [5, 5.41) is 20.4. The van der Waals surface area contributed by atoms with Gasteiger partial charge in [0.15, 0.2) is 0 Å². The van der Waals surface area contributed by atoms with Crippen molar-refractivity contribution in [1.82, 2.24) is 4.98 Å². The number of carbonyl (C=O) groups is 1. The van der Waals surface area contributed by atoms with Gasteiger partial charge in [-0.3, -0.25) is 14.9 Å². The lowest BCUT2D eigenvalue weighted by atomic mass is 10.0. The largest absolute Gasteiger partial charge is 0.480 e. The average molecular weight is 278 g/mol. The Morgan fingerprint density at radius 2 is 2.20 bits per heavy atom. The van der Waals surface area contributed by atoms with E-state index in [1.54, 1.807) is 6.92 Å². The van der Waals surface area contributed by atoms with E-state index in [4.69, 9.17) is 16.6 Å². The second-order valence-corrected chi connectivity index (χ2v) is 4.56. The molecule has 2 aromatic rings. The molecule has 0 radical (unpaired) electrons.